The van der Waals surface area contributed by atoms with Crippen LogP contribution in [0, 0.1) is 0 Å². The van der Waals surface area contributed by atoms with E-state index in [0.29, 0.717) is 32.7 Å². The van der Waals surface area contributed by atoms with E-state index in [1.54, 1.807) is 20.8 Å². The standard InChI is InChI=1S/C14H25N3O5/c1-13(2,3)22-12(20)17-9-14(21,10-17)8-15-4-6-16(7-5-15)11(18)19/h21H,4-10H2,1-3H3,(H,18,19). The van der Waals surface area contributed by atoms with Gasteiger partial charge >= 0.3 is 12.2 Å². The first-order valence-electron chi connectivity index (χ1n) is 7.49. The predicted molar refractivity (Wildman–Crippen MR) is 78.8 cm³/mol. The molecule has 126 valence electrons. The third kappa shape index (κ3) is 4.23. The van der Waals surface area contributed by atoms with Gasteiger partial charge in [0.25, 0.3) is 0 Å². The fraction of sp³-hybridized carbons (Fsp3) is 0.857. The molecule has 2 aliphatic rings. The maximum Gasteiger partial charge on any atom is 0.410 e. The van der Waals surface area contributed by atoms with E-state index < -0.39 is 23.4 Å². The molecule has 2 heterocycles. The summed E-state index contributed by atoms with van der Waals surface area (Å²) in [4.78, 5) is 27.6. The van der Waals surface area contributed by atoms with Gasteiger partial charge in [-0.25, -0.2) is 9.59 Å². The number of rotatable bonds is 2. The second kappa shape index (κ2) is 5.92. The van der Waals surface area contributed by atoms with Crippen LogP contribution in [0.1, 0.15) is 20.8 Å². The lowest BCUT2D eigenvalue weighted by atomic mass is 9.93. The molecule has 2 aliphatic heterocycles. The summed E-state index contributed by atoms with van der Waals surface area (Å²) < 4.78 is 5.26. The first kappa shape index (κ1) is 16.8. The highest BCUT2D eigenvalue weighted by atomic mass is 16.6. The number of nitrogens with zero attached hydrogens (tertiary/aromatic N) is 3. The van der Waals surface area contributed by atoms with Gasteiger partial charge in [-0.2, -0.15) is 0 Å². The van der Waals surface area contributed by atoms with Crippen molar-refractivity contribution in [2.24, 2.45) is 0 Å². The minimum atomic E-state index is -0.928. The Kier molecular flexibility index (Phi) is 4.53. The molecule has 2 rings (SSSR count). The van der Waals surface area contributed by atoms with Crippen LogP contribution in [-0.2, 0) is 4.74 Å². The summed E-state index contributed by atoms with van der Waals surface area (Å²) in [6.07, 6.45) is -1.31. The van der Waals surface area contributed by atoms with Crippen LogP contribution in [0.15, 0.2) is 0 Å². The first-order chi connectivity index (χ1) is 10.1. The topological polar surface area (TPSA) is 93.5 Å². The zero-order chi connectivity index (χ0) is 16.5. The Labute approximate surface area is 130 Å². The summed E-state index contributed by atoms with van der Waals surface area (Å²) in [6, 6.07) is 0. The highest BCUT2D eigenvalue weighted by Gasteiger charge is 2.46. The Balaban J connectivity index is 1.74. The fourth-order valence-electron chi connectivity index (χ4n) is 2.73. The fourth-order valence-corrected chi connectivity index (χ4v) is 2.73. The molecule has 0 spiro atoms. The molecule has 2 amide bonds. The molecular formula is C14H25N3O5. The summed E-state index contributed by atoms with van der Waals surface area (Å²) in [5.74, 6) is 0. The van der Waals surface area contributed by atoms with E-state index in [4.69, 9.17) is 9.84 Å². The monoisotopic (exact) mass is 315 g/mol. The number of β-amino-alcohol motifs (C(OH)–C–C–N with tert-alkyl or cyclic N) is 1. The number of amides is 2. The number of carbonyl (C=O) groups excluding carboxylic acids is 1. The molecule has 8 nitrogen and oxygen atoms in total. The molecule has 22 heavy (non-hydrogen) atoms. The Morgan fingerprint density at radius 3 is 2.09 bits per heavy atom. The zero-order valence-electron chi connectivity index (χ0n) is 13.4. The van der Waals surface area contributed by atoms with Crippen LogP contribution < -0.4 is 0 Å². The van der Waals surface area contributed by atoms with Crippen molar-refractivity contribution in [1.29, 1.82) is 0 Å². The van der Waals surface area contributed by atoms with Crippen LogP contribution in [0.5, 0.6) is 0 Å². The molecule has 0 unspecified atom stereocenters. The average Bonchev–Trinajstić information content (AvgIpc) is 2.34. The molecule has 2 saturated heterocycles. The summed E-state index contributed by atoms with van der Waals surface area (Å²) in [6.45, 7) is 8.45. The largest absolute Gasteiger partial charge is 0.465 e. The quantitative estimate of drug-likeness (QED) is 0.759. The van der Waals surface area contributed by atoms with E-state index in [1.807, 2.05) is 4.90 Å². The van der Waals surface area contributed by atoms with Gasteiger partial charge in [0.2, 0.25) is 0 Å². The van der Waals surface area contributed by atoms with Gasteiger partial charge in [-0.15, -0.1) is 0 Å². The number of aliphatic hydroxyl groups is 1. The molecule has 0 saturated carbocycles. The van der Waals surface area contributed by atoms with Crippen molar-refractivity contribution in [1.82, 2.24) is 14.7 Å². The van der Waals surface area contributed by atoms with E-state index in [1.165, 1.54) is 9.80 Å². The molecular weight excluding hydrogens is 290 g/mol. The van der Waals surface area contributed by atoms with E-state index in [0.717, 1.165) is 0 Å². The first-order valence-corrected chi connectivity index (χ1v) is 7.49. The van der Waals surface area contributed by atoms with Gasteiger partial charge in [-0.1, -0.05) is 0 Å². The Bertz CT molecular complexity index is 434. The van der Waals surface area contributed by atoms with Crippen molar-refractivity contribution in [3.63, 3.8) is 0 Å². The average molecular weight is 315 g/mol. The maximum atomic E-state index is 11.8. The predicted octanol–water partition coefficient (Wildman–Crippen LogP) is 0.264. The number of piperazine rings is 1. The van der Waals surface area contributed by atoms with Gasteiger partial charge in [0, 0.05) is 32.7 Å². The molecule has 0 atom stereocenters. The lowest BCUT2D eigenvalue weighted by Gasteiger charge is -2.49. The van der Waals surface area contributed by atoms with Crippen molar-refractivity contribution in [3.8, 4) is 0 Å². The molecule has 8 heteroatoms. The van der Waals surface area contributed by atoms with Crippen molar-refractivity contribution < 1.29 is 24.5 Å². The third-order valence-corrected chi connectivity index (χ3v) is 3.78. The lowest BCUT2D eigenvalue weighted by molar-refractivity contribution is -0.114. The minimum absolute atomic E-state index is 0.251. The van der Waals surface area contributed by atoms with Gasteiger partial charge in [-0.3, -0.25) is 4.90 Å². The second-order valence-corrected chi connectivity index (χ2v) is 7.11. The maximum absolute atomic E-state index is 11.8. The minimum Gasteiger partial charge on any atom is -0.465 e. The van der Waals surface area contributed by atoms with E-state index in [-0.39, 0.29) is 13.1 Å². The van der Waals surface area contributed by atoms with Crippen molar-refractivity contribution in [2.75, 3.05) is 45.8 Å². The second-order valence-electron chi connectivity index (χ2n) is 7.11. The van der Waals surface area contributed by atoms with E-state index in [2.05, 4.69) is 0 Å². The van der Waals surface area contributed by atoms with Crippen LogP contribution in [0.3, 0.4) is 0 Å². The van der Waals surface area contributed by atoms with Gasteiger partial charge in [-0.05, 0) is 20.8 Å². The van der Waals surface area contributed by atoms with Crippen molar-refractivity contribution in [3.05, 3.63) is 0 Å². The Hall–Kier alpha value is -1.54. The number of likely N-dealkylation sites (tertiary alicyclic amines) is 1. The van der Waals surface area contributed by atoms with Gasteiger partial charge in [0.1, 0.15) is 11.2 Å². The van der Waals surface area contributed by atoms with Crippen LogP contribution in [-0.4, -0.2) is 94.1 Å². The molecule has 0 aromatic rings. The highest BCUT2D eigenvalue weighted by molar-refractivity contribution is 5.69. The van der Waals surface area contributed by atoms with Crippen molar-refractivity contribution >= 4 is 12.2 Å². The smallest absolute Gasteiger partial charge is 0.410 e. The van der Waals surface area contributed by atoms with Crippen LogP contribution in [0.4, 0.5) is 9.59 Å². The SMILES string of the molecule is CC(C)(C)OC(=O)N1CC(O)(CN2CCN(C(=O)O)CC2)C1. The number of hydrogen-bond acceptors (Lipinski definition) is 5. The highest BCUT2D eigenvalue weighted by Crippen LogP contribution is 2.25. The van der Waals surface area contributed by atoms with E-state index >= 15 is 0 Å². The lowest BCUT2D eigenvalue weighted by Crippen LogP contribution is -2.68. The van der Waals surface area contributed by atoms with E-state index in [9.17, 15) is 14.7 Å². The molecule has 0 aromatic carbocycles. The summed E-state index contributed by atoms with van der Waals surface area (Å²) in [5, 5.41) is 19.3. The molecule has 0 aromatic heterocycles. The molecule has 2 N–H and O–H groups in total. The van der Waals surface area contributed by atoms with Gasteiger partial charge in [0.05, 0.1) is 13.1 Å². The summed E-state index contributed by atoms with van der Waals surface area (Å²) >= 11 is 0. The van der Waals surface area contributed by atoms with Gasteiger partial charge in [0.15, 0.2) is 0 Å². The van der Waals surface area contributed by atoms with Crippen LogP contribution in [0.25, 0.3) is 0 Å². The summed E-state index contributed by atoms with van der Waals surface area (Å²) in [7, 11) is 0. The normalized spacial score (nSPS) is 22.2. The number of carboxylic acid groups (broad SMARTS) is 1. The number of ether oxygens (including phenoxy) is 1. The van der Waals surface area contributed by atoms with Crippen molar-refractivity contribution in [2.45, 2.75) is 32.0 Å². The van der Waals surface area contributed by atoms with Crippen LogP contribution >= 0.6 is 0 Å². The summed E-state index contributed by atoms with van der Waals surface area (Å²) in [5.41, 5.74) is -1.47. The molecule has 2 fully saturated rings. The Morgan fingerprint density at radius 2 is 1.64 bits per heavy atom. The van der Waals surface area contributed by atoms with Crippen LogP contribution in [0.2, 0.25) is 0 Å². The molecule has 0 radical (unpaired) electrons. The zero-order valence-corrected chi connectivity index (χ0v) is 13.4. The number of carbonyl (C=O) groups is 2. The Morgan fingerprint density at radius 1 is 1.09 bits per heavy atom. The van der Waals surface area contributed by atoms with Gasteiger partial charge < -0.3 is 24.7 Å². The third-order valence-electron chi connectivity index (χ3n) is 3.78. The number of hydrogen-bond donors (Lipinski definition) is 2. The molecule has 0 bridgehead atoms. The molecule has 0 aliphatic carbocycles.